The third-order valence-corrected chi connectivity index (χ3v) is 4.78. The molecule has 4 nitrogen and oxygen atoms in total. The van der Waals surface area contributed by atoms with Gasteiger partial charge in [-0.05, 0) is 50.2 Å². The maximum atomic E-state index is 13.0. The van der Waals surface area contributed by atoms with E-state index in [0.29, 0.717) is 37.0 Å². The lowest BCUT2D eigenvalue weighted by Gasteiger charge is -2.39. The van der Waals surface area contributed by atoms with Gasteiger partial charge in [-0.3, -0.25) is 4.79 Å². The van der Waals surface area contributed by atoms with Gasteiger partial charge in [-0.1, -0.05) is 23.7 Å². The molecule has 1 amide bonds. The zero-order chi connectivity index (χ0) is 18.7. The van der Waals surface area contributed by atoms with E-state index in [1.807, 2.05) is 24.3 Å². The normalized spacial score (nSPS) is 15.1. The molecule has 138 valence electrons. The molecule has 3 rings (SSSR count). The summed E-state index contributed by atoms with van der Waals surface area (Å²) in [6.07, 6.45) is 0. The second kappa shape index (κ2) is 7.54. The van der Waals surface area contributed by atoms with Crippen molar-refractivity contribution in [2.45, 2.75) is 19.4 Å². The van der Waals surface area contributed by atoms with Crippen molar-refractivity contribution in [3.8, 4) is 5.75 Å². The highest BCUT2D eigenvalue weighted by Gasteiger charge is 2.35. The number of para-hydroxylation sites is 1. The second-order valence-corrected chi connectivity index (χ2v) is 7.20. The molecule has 0 spiro atoms. The van der Waals surface area contributed by atoms with Crippen molar-refractivity contribution in [1.82, 2.24) is 4.90 Å². The van der Waals surface area contributed by atoms with Crippen LogP contribution >= 0.6 is 11.6 Å². The molecule has 0 radical (unpaired) electrons. The van der Waals surface area contributed by atoms with Crippen LogP contribution in [-0.4, -0.2) is 42.6 Å². The Bertz CT molecular complexity index is 772. The van der Waals surface area contributed by atoms with Gasteiger partial charge in [0.1, 0.15) is 11.6 Å². The zero-order valence-electron chi connectivity index (χ0n) is 14.9. The summed E-state index contributed by atoms with van der Waals surface area (Å²) >= 11 is 6.26. The summed E-state index contributed by atoms with van der Waals surface area (Å²) in [5.74, 6) is 0.0530. The van der Waals surface area contributed by atoms with E-state index in [4.69, 9.17) is 16.3 Å². The summed E-state index contributed by atoms with van der Waals surface area (Å²) in [5, 5.41) is 0.715. The lowest BCUT2D eigenvalue weighted by Crippen LogP contribution is -2.55. The average molecular weight is 377 g/mol. The molecule has 1 aliphatic heterocycles. The molecule has 0 saturated carbocycles. The van der Waals surface area contributed by atoms with Gasteiger partial charge >= 0.3 is 0 Å². The number of ether oxygens (including phenoxy) is 1. The van der Waals surface area contributed by atoms with Crippen molar-refractivity contribution in [1.29, 1.82) is 0 Å². The van der Waals surface area contributed by atoms with Crippen LogP contribution in [0.3, 0.4) is 0 Å². The topological polar surface area (TPSA) is 32.8 Å². The van der Waals surface area contributed by atoms with Crippen LogP contribution in [0, 0.1) is 5.82 Å². The number of benzene rings is 2. The van der Waals surface area contributed by atoms with Crippen LogP contribution < -0.4 is 9.64 Å². The minimum absolute atomic E-state index is 0.0827. The van der Waals surface area contributed by atoms with E-state index in [0.717, 1.165) is 5.69 Å². The van der Waals surface area contributed by atoms with E-state index in [2.05, 4.69) is 4.90 Å². The molecule has 0 unspecified atom stereocenters. The van der Waals surface area contributed by atoms with Gasteiger partial charge in [0, 0.05) is 26.2 Å². The number of carbonyl (C=O) groups excluding carboxylic acids is 1. The first-order valence-electron chi connectivity index (χ1n) is 8.60. The minimum atomic E-state index is -1.02. The molecule has 6 heteroatoms. The number of rotatable bonds is 4. The van der Waals surface area contributed by atoms with E-state index in [1.165, 1.54) is 24.3 Å². The third kappa shape index (κ3) is 4.10. The molecule has 1 aliphatic rings. The van der Waals surface area contributed by atoms with Gasteiger partial charge in [0.05, 0.1) is 10.7 Å². The van der Waals surface area contributed by atoms with Gasteiger partial charge in [0.15, 0.2) is 5.60 Å². The number of carbonyl (C=O) groups is 1. The predicted molar refractivity (Wildman–Crippen MR) is 101 cm³/mol. The second-order valence-electron chi connectivity index (χ2n) is 6.80. The molecule has 2 aromatic rings. The quantitative estimate of drug-likeness (QED) is 0.809. The molecule has 1 fully saturated rings. The summed E-state index contributed by atoms with van der Waals surface area (Å²) in [4.78, 5) is 16.9. The molecule has 0 bridgehead atoms. The Labute approximate surface area is 158 Å². The number of amides is 1. The van der Waals surface area contributed by atoms with Gasteiger partial charge < -0.3 is 14.5 Å². The highest BCUT2D eigenvalue weighted by molar-refractivity contribution is 6.33. The van der Waals surface area contributed by atoms with E-state index in [-0.39, 0.29) is 11.7 Å². The average Bonchev–Trinajstić information content (AvgIpc) is 2.63. The third-order valence-electron chi connectivity index (χ3n) is 4.46. The molecule has 26 heavy (non-hydrogen) atoms. The SMILES string of the molecule is CC(C)(Oc1ccc(F)cc1)C(=O)N1CCN(c2ccccc2Cl)CC1. The molecule has 1 heterocycles. The molecule has 1 saturated heterocycles. The fraction of sp³-hybridized carbons (Fsp3) is 0.350. The number of halogens is 2. The number of anilines is 1. The van der Waals surface area contributed by atoms with Crippen LogP contribution in [0.1, 0.15) is 13.8 Å². The van der Waals surface area contributed by atoms with E-state index in [1.54, 1.807) is 18.7 Å². The minimum Gasteiger partial charge on any atom is -0.478 e. The lowest BCUT2D eigenvalue weighted by molar-refractivity contribution is -0.145. The van der Waals surface area contributed by atoms with Crippen molar-refractivity contribution in [2.24, 2.45) is 0 Å². The summed E-state index contributed by atoms with van der Waals surface area (Å²) in [6.45, 7) is 6.09. The number of hydrogen-bond donors (Lipinski definition) is 0. The summed E-state index contributed by atoms with van der Waals surface area (Å²) in [7, 11) is 0. The molecular formula is C20H22ClFN2O2. The zero-order valence-corrected chi connectivity index (χ0v) is 15.7. The Balaban J connectivity index is 1.62. The van der Waals surface area contributed by atoms with Gasteiger partial charge in [-0.15, -0.1) is 0 Å². The number of hydrogen-bond acceptors (Lipinski definition) is 3. The van der Waals surface area contributed by atoms with Crippen LogP contribution in [0.15, 0.2) is 48.5 Å². The molecule has 0 N–H and O–H groups in total. The van der Waals surface area contributed by atoms with Crippen molar-refractivity contribution < 1.29 is 13.9 Å². The Morgan fingerprint density at radius 3 is 2.27 bits per heavy atom. The van der Waals surface area contributed by atoms with Crippen molar-refractivity contribution in [3.05, 3.63) is 59.4 Å². The molecule has 0 aromatic heterocycles. The standard InChI is InChI=1S/C20H22ClFN2O2/c1-20(2,26-16-9-7-15(22)8-10-16)19(25)24-13-11-23(12-14-24)18-6-4-3-5-17(18)21/h3-10H,11-14H2,1-2H3. The Morgan fingerprint density at radius 1 is 1.04 bits per heavy atom. The number of nitrogens with zero attached hydrogens (tertiary/aromatic N) is 2. The highest BCUT2D eigenvalue weighted by atomic mass is 35.5. The first-order valence-corrected chi connectivity index (χ1v) is 8.98. The van der Waals surface area contributed by atoms with Crippen LogP contribution in [0.4, 0.5) is 10.1 Å². The Hall–Kier alpha value is -2.27. The maximum absolute atomic E-state index is 13.0. The fourth-order valence-electron chi connectivity index (χ4n) is 3.08. The Morgan fingerprint density at radius 2 is 1.65 bits per heavy atom. The Kier molecular flexibility index (Phi) is 5.37. The summed E-state index contributed by atoms with van der Waals surface area (Å²) in [5.41, 5.74) is -0.0345. The largest absolute Gasteiger partial charge is 0.478 e. The monoisotopic (exact) mass is 376 g/mol. The maximum Gasteiger partial charge on any atom is 0.266 e. The summed E-state index contributed by atoms with van der Waals surface area (Å²) in [6, 6.07) is 13.4. The van der Waals surface area contributed by atoms with Gasteiger partial charge in [-0.2, -0.15) is 0 Å². The first kappa shape index (κ1) is 18.5. The number of piperazine rings is 1. The molecule has 0 atom stereocenters. The van der Waals surface area contributed by atoms with Crippen LogP contribution in [0.25, 0.3) is 0 Å². The first-order chi connectivity index (χ1) is 12.4. The highest BCUT2D eigenvalue weighted by Crippen LogP contribution is 2.27. The van der Waals surface area contributed by atoms with Gasteiger partial charge in [-0.25, -0.2) is 4.39 Å². The van der Waals surface area contributed by atoms with E-state index in [9.17, 15) is 9.18 Å². The van der Waals surface area contributed by atoms with E-state index >= 15 is 0 Å². The van der Waals surface area contributed by atoms with Crippen molar-refractivity contribution >= 4 is 23.2 Å². The molecule has 2 aromatic carbocycles. The van der Waals surface area contributed by atoms with Crippen LogP contribution in [0.2, 0.25) is 5.02 Å². The van der Waals surface area contributed by atoms with Crippen molar-refractivity contribution in [3.63, 3.8) is 0 Å². The predicted octanol–water partition coefficient (Wildman–Crippen LogP) is 3.99. The van der Waals surface area contributed by atoms with Crippen molar-refractivity contribution in [2.75, 3.05) is 31.1 Å². The molecule has 0 aliphatic carbocycles. The fourth-order valence-corrected chi connectivity index (χ4v) is 3.34. The van der Waals surface area contributed by atoms with E-state index < -0.39 is 5.60 Å². The van der Waals surface area contributed by atoms with Gasteiger partial charge in [0.25, 0.3) is 5.91 Å². The summed E-state index contributed by atoms with van der Waals surface area (Å²) < 4.78 is 18.8. The lowest BCUT2D eigenvalue weighted by atomic mass is 10.1. The van der Waals surface area contributed by atoms with Crippen LogP contribution in [-0.2, 0) is 4.79 Å². The van der Waals surface area contributed by atoms with Gasteiger partial charge in [0.2, 0.25) is 0 Å². The smallest absolute Gasteiger partial charge is 0.266 e. The molecular weight excluding hydrogens is 355 g/mol. The van der Waals surface area contributed by atoms with Crippen LogP contribution in [0.5, 0.6) is 5.75 Å².